The molecule has 0 aliphatic rings. The lowest BCUT2D eigenvalue weighted by atomic mass is 10.3. The van der Waals surface area contributed by atoms with Gasteiger partial charge in [-0.25, -0.2) is 4.79 Å². The maximum Gasteiger partial charge on any atom is 0.341 e. The largest absolute Gasteiger partial charge is 0.480 e. The van der Waals surface area contributed by atoms with Crippen molar-refractivity contribution >= 4 is 29.2 Å². The van der Waals surface area contributed by atoms with Crippen molar-refractivity contribution in [1.29, 1.82) is 0 Å². The molecule has 6 heteroatoms. The summed E-state index contributed by atoms with van der Waals surface area (Å²) < 4.78 is 7.53. The highest BCUT2D eigenvalue weighted by Gasteiger charge is 2.08. The smallest absolute Gasteiger partial charge is 0.341 e. The van der Waals surface area contributed by atoms with E-state index in [1.165, 1.54) is 0 Å². The fourth-order valence-corrected chi connectivity index (χ4v) is 1.69. The first kappa shape index (κ1) is 10.7. The number of nitrogens with one attached hydrogen (secondary N) is 1. The molecule has 1 heterocycles. The van der Waals surface area contributed by atoms with Gasteiger partial charge < -0.3 is 19.4 Å². The Kier molecular flexibility index (Phi) is 2.66. The number of aryl methyl sites for hydroxylation is 1. The first-order valence-electron chi connectivity index (χ1n) is 4.62. The third-order valence-electron chi connectivity index (χ3n) is 2.25. The summed E-state index contributed by atoms with van der Waals surface area (Å²) in [5.74, 6) is -0.516. The summed E-state index contributed by atoms with van der Waals surface area (Å²) in [4.78, 5) is 13.4. The molecular weight excluding hydrogens is 228 g/mol. The Morgan fingerprint density at radius 3 is 3.06 bits per heavy atom. The third-order valence-corrected chi connectivity index (χ3v) is 2.63. The van der Waals surface area contributed by atoms with Crippen LogP contribution in [0.1, 0.15) is 0 Å². The van der Waals surface area contributed by atoms with Crippen molar-refractivity contribution < 1.29 is 14.6 Å². The molecule has 0 bridgehead atoms. The zero-order valence-corrected chi connectivity index (χ0v) is 9.37. The Hall–Kier alpha value is -1.82. The lowest BCUT2D eigenvalue weighted by Crippen LogP contribution is -2.09. The number of para-hydroxylation sites is 1. The molecule has 0 fully saturated rings. The number of carboxylic acids is 1. The standard InChI is InChI=1S/C10H10N2O3S/c1-12-6-3-2-4-7(15-5-8(13)14)9(6)11-10(12)16/h2-4H,5H2,1H3,(H,11,16)(H,13,14). The second kappa shape index (κ2) is 3.97. The van der Waals surface area contributed by atoms with Crippen LogP contribution in [0.4, 0.5) is 0 Å². The van der Waals surface area contributed by atoms with Crippen molar-refractivity contribution in [3.8, 4) is 5.75 Å². The molecule has 0 saturated heterocycles. The Balaban J connectivity index is 2.50. The number of hydrogen-bond donors (Lipinski definition) is 2. The molecule has 0 aliphatic carbocycles. The van der Waals surface area contributed by atoms with E-state index in [2.05, 4.69) is 4.98 Å². The number of carboxylic acid groups (broad SMARTS) is 1. The zero-order valence-electron chi connectivity index (χ0n) is 8.56. The minimum Gasteiger partial charge on any atom is -0.480 e. The minimum absolute atomic E-state index is 0.366. The van der Waals surface area contributed by atoms with Crippen LogP contribution in [-0.4, -0.2) is 27.2 Å². The third kappa shape index (κ3) is 1.79. The van der Waals surface area contributed by atoms with Gasteiger partial charge in [0.1, 0.15) is 11.3 Å². The molecule has 2 N–H and O–H groups in total. The molecular formula is C10H10N2O3S. The van der Waals surface area contributed by atoms with Gasteiger partial charge in [0.15, 0.2) is 11.4 Å². The van der Waals surface area contributed by atoms with E-state index < -0.39 is 5.97 Å². The monoisotopic (exact) mass is 238 g/mol. The lowest BCUT2D eigenvalue weighted by Gasteiger charge is -2.03. The molecule has 0 radical (unpaired) electrons. The number of fused-ring (bicyclic) bond motifs is 1. The maximum absolute atomic E-state index is 10.4. The number of carbonyl (C=O) groups is 1. The number of imidazole rings is 1. The van der Waals surface area contributed by atoms with E-state index in [9.17, 15) is 4.79 Å². The Morgan fingerprint density at radius 2 is 2.38 bits per heavy atom. The van der Waals surface area contributed by atoms with Crippen LogP contribution in [0.25, 0.3) is 11.0 Å². The van der Waals surface area contributed by atoms with Crippen molar-refractivity contribution in [3.05, 3.63) is 23.0 Å². The topological polar surface area (TPSA) is 67.2 Å². The number of hydrogen-bond acceptors (Lipinski definition) is 3. The molecule has 0 amide bonds. The van der Waals surface area contributed by atoms with Crippen LogP contribution in [0.3, 0.4) is 0 Å². The molecule has 1 aromatic carbocycles. The van der Waals surface area contributed by atoms with Crippen LogP contribution in [0, 0.1) is 4.77 Å². The first-order valence-corrected chi connectivity index (χ1v) is 5.02. The van der Waals surface area contributed by atoms with E-state index in [0.717, 1.165) is 11.0 Å². The second-order valence-electron chi connectivity index (χ2n) is 3.32. The van der Waals surface area contributed by atoms with Gasteiger partial charge in [-0.15, -0.1) is 0 Å². The Bertz CT molecular complexity index is 600. The van der Waals surface area contributed by atoms with E-state index in [1.54, 1.807) is 16.7 Å². The van der Waals surface area contributed by atoms with Crippen molar-refractivity contribution in [3.63, 3.8) is 0 Å². The molecule has 0 unspecified atom stereocenters. The average molecular weight is 238 g/mol. The van der Waals surface area contributed by atoms with Gasteiger partial charge in [0.2, 0.25) is 0 Å². The van der Waals surface area contributed by atoms with Crippen molar-refractivity contribution in [2.45, 2.75) is 0 Å². The molecule has 2 aromatic rings. The van der Waals surface area contributed by atoms with Crippen molar-refractivity contribution in [2.24, 2.45) is 7.05 Å². The summed E-state index contributed by atoms with van der Waals surface area (Å²) in [6, 6.07) is 5.38. The molecule has 0 saturated carbocycles. The highest BCUT2D eigenvalue weighted by molar-refractivity contribution is 7.71. The van der Waals surface area contributed by atoms with Crippen LogP contribution in [0.5, 0.6) is 5.75 Å². The summed E-state index contributed by atoms with van der Waals surface area (Å²) >= 11 is 5.09. The summed E-state index contributed by atoms with van der Waals surface area (Å²) in [6.45, 7) is -0.366. The molecule has 2 rings (SSSR count). The number of aliphatic carboxylic acids is 1. The van der Waals surface area contributed by atoms with Gasteiger partial charge in [-0.2, -0.15) is 0 Å². The number of ether oxygens (including phenoxy) is 1. The molecule has 0 spiro atoms. The summed E-state index contributed by atoms with van der Waals surface area (Å²) in [7, 11) is 1.84. The number of rotatable bonds is 3. The first-order chi connectivity index (χ1) is 7.59. The maximum atomic E-state index is 10.4. The number of benzene rings is 1. The van der Waals surface area contributed by atoms with E-state index >= 15 is 0 Å². The molecule has 16 heavy (non-hydrogen) atoms. The summed E-state index contributed by atoms with van der Waals surface area (Å²) in [5.41, 5.74) is 1.60. The van der Waals surface area contributed by atoms with Crippen LogP contribution in [0.2, 0.25) is 0 Å². The predicted molar refractivity (Wildman–Crippen MR) is 61.2 cm³/mol. The van der Waals surface area contributed by atoms with Gasteiger partial charge in [0.05, 0.1) is 5.52 Å². The lowest BCUT2D eigenvalue weighted by molar-refractivity contribution is -0.139. The van der Waals surface area contributed by atoms with E-state index in [4.69, 9.17) is 22.1 Å². The zero-order chi connectivity index (χ0) is 11.7. The van der Waals surface area contributed by atoms with Gasteiger partial charge in [-0.3, -0.25) is 0 Å². The number of nitrogens with zero attached hydrogens (tertiary/aromatic N) is 1. The van der Waals surface area contributed by atoms with Crippen LogP contribution >= 0.6 is 12.2 Å². The highest BCUT2D eigenvalue weighted by Crippen LogP contribution is 2.23. The SMILES string of the molecule is Cn1c(=S)[nH]c2c(OCC(=O)O)cccc21. The quantitative estimate of drug-likeness (QED) is 0.799. The van der Waals surface area contributed by atoms with Gasteiger partial charge >= 0.3 is 5.97 Å². The van der Waals surface area contributed by atoms with E-state index in [-0.39, 0.29) is 6.61 Å². The van der Waals surface area contributed by atoms with Crippen LogP contribution < -0.4 is 4.74 Å². The van der Waals surface area contributed by atoms with Gasteiger partial charge in [-0.05, 0) is 24.4 Å². The van der Waals surface area contributed by atoms with Gasteiger partial charge in [0, 0.05) is 7.05 Å². The molecule has 1 aromatic heterocycles. The normalized spacial score (nSPS) is 10.6. The van der Waals surface area contributed by atoms with Crippen LogP contribution in [-0.2, 0) is 11.8 Å². The number of H-pyrrole nitrogens is 1. The highest BCUT2D eigenvalue weighted by atomic mass is 32.1. The fraction of sp³-hybridized carbons (Fsp3) is 0.200. The van der Waals surface area contributed by atoms with Gasteiger partial charge in [-0.1, -0.05) is 6.07 Å². The molecule has 0 atom stereocenters. The summed E-state index contributed by atoms with van der Waals surface area (Å²) in [5, 5.41) is 8.55. The molecule has 0 aliphatic heterocycles. The van der Waals surface area contributed by atoms with Crippen LogP contribution in [0.15, 0.2) is 18.2 Å². The van der Waals surface area contributed by atoms with Crippen molar-refractivity contribution in [1.82, 2.24) is 9.55 Å². The number of aromatic nitrogens is 2. The number of aromatic amines is 1. The van der Waals surface area contributed by atoms with E-state index in [0.29, 0.717) is 10.5 Å². The molecule has 84 valence electrons. The predicted octanol–water partition coefficient (Wildman–Crippen LogP) is 1.70. The van der Waals surface area contributed by atoms with Crippen molar-refractivity contribution in [2.75, 3.05) is 6.61 Å². The molecule has 5 nitrogen and oxygen atoms in total. The fourth-order valence-electron chi connectivity index (χ4n) is 1.48. The second-order valence-corrected chi connectivity index (χ2v) is 3.71. The Morgan fingerprint density at radius 1 is 1.62 bits per heavy atom. The average Bonchev–Trinajstić information content (AvgIpc) is 2.53. The Labute approximate surface area is 96.3 Å². The minimum atomic E-state index is -1.01. The summed E-state index contributed by atoms with van der Waals surface area (Å²) in [6.07, 6.45) is 0. The van der Waals surface area contributed by atoms with Gasteiger partial charge in [0.25, 0.3) is 0 Å². The van der Waals surface area contributed by atoms with E-state index in [1.807, 2.05) is 13.1 Å².